The fraction of sp³-hybridized carbons (Fsp3) is 0.533. The quantitative estimate of drug-likeness (QED) is 0.881. The summed E-state index contributed by atoms with van der Waals surface area (Å²) in [5.74, 6) is 0.531. The molecule has 1 N–H and O–H groups in total. The van der Waals surface area contributed by atoms with Gasteiger partial charge in [0.2, 0.25) is 0 Å². The van der Waals surface area contributed by atoms with Crippen molar-refractivity contribution in [2.75, 3.05) is 5.32 Å². The third-order valence-electron chi connectivity index (χ3n) is 3.96. The summed E-state index contributed by atoms with van der Waals surface area (Å²) in [6.07, 6.45) is 0.262. The number of hydrogen-bond acceptors (Lipinski definition) is 2. The van der Waals surface area contributed by atoms with E-state index < -0.39 is 11.7 Å². The molecule has 5 heteroatoms. The van der Waals surface area contributed by atoms with Crippen molar-refractivity contribution in [1.82, 2.24) is 0 Å². The van der Waals surface area contributed by atoms with Gasteiger partial charge in [0.25, 0.3) is 0 Å². The predicted molar refractivity (Wildman–Crippen MR) is 71.2 cm³/mol. The van der Waals surface area contributed by atoms with Gasteiger partial charge in [-0.1, -0.05) is 12.8 Å². The van der Waals surface area contributed by atoms with Crippen molar-refractivity contribution in [3.63, 3.8) is 0 Å². The van der Waals surface area contributed by atoms with Gasteiger partial charge >= 0.3 is 6.18 Å². The minimum atomic E-state index is -4.42. The van der Waals surface area contributed by atoms with E-state index in [9.17, 15) is 13.2 Å². The fourth-order valence-electron chi connectivity index (χ4n) is 2.76. The molecule has 1 aliphatic rings. The first kappa shape index (κ1) is 14.7. The molecule has 1 aromatic carbocycles. The van der Waals surface area contributed by atoms with E-state index >= 15 is 0 Å². The molecule has 1 fully saturated rings. The van der Waals surface area contributed by atoms with Gasteiger partial charge in [-0.05, 0) is 43.9 Å². The third kappa shape index (κ3) is 3.24. The number of nitrogens with one attached hydrogen (secondary N) is 1. The normalized spacial score (nSPS) is 17.8. The lowest BCUT2D eigenvalue weighted by Crippen LogP contribution is -2.24. The smallest absolute Gasteiger partial charge is 0.381 e. The minimum absolute atomic E-state index is 0.0460. The summed E-state index contributed by atoms with van der Waals surface area (Å²) in [4.78, 5) is 0. The van der Waals surface area contributed by atoms with Crippen molar-refractivity contribution >= 4 is 5.69 Å². The lowest BCUT2D eigenvalue weighted by atomic mass is 9.99. The summed E-state index contributed by atoms with van der Waals surface area (Å²) in [7, 11) is 0. The highest BCUT2D eigenvalue weighted by molar-refractivity contribution is 5.59. The van der Waals surface area contributed by atoms with Crippen LogP contribution in [0.5, 0.6) is 0 Å². The van der Waals surface area contributed by atoms with Crippen LogP contribution in [-0.2, 0) is 6.18 Å². The van der Waals surface area contributed by atoms with Crippen molar-refractivity contribution < 1.29 is 13.2 Å². The zero-order valence-corrected chi connectivity index (χ0v) is 11.3. The number of nitrogens with zero attached hydrogens (tertiary/aromatic N) is 1. The number of anilines is 1. The van der Waals surface area contributed by atoms with Crippen LogP contribution in [0.1, 0.15) is 43.7 Å². The van der Waals surface area contributed by atoms with E-state index in [2.05, 4.69) is 5.32 Å². The van der Waals surface area contributed by atoms with Crippen molar-refractivity contribution in [1.29, 1.82) is 5.26 Å². The van der Waals surface area contributed by atoms with E-state index in [1.54, 1.807) is 0 Å². The maximum atomic E-state index is 12.6. The molecule has 0 aliphatic heterocycles. The van der Waals surface area contributed by atoms with Crippen LogP contribution in [0.3, 0.4) is 0 Å². The summed E-state index contributed by atoms with van der Waals surface area (Å²) in [5.41, 5.74) is -0.252. The summed E-state index contributed by atoms with van der Waals surface area (Å²) in [6.45, 7) is 2.02. The van der Waals surface area contributed by atoms with E-state index in [0.29, 0.717) is 11.6 Å². The van der Waals surface area contributed by atoms with E-state index in [1.807, 2.05) is 13.0 Å². The Morgan fingerprint density at radius 1 is 1.30 bits per heavy atom. The van der Waals surface area contributed by atoms with Gasteiger partial charge in [0.1, 0.15) is 6.07 Å². The van der Waals surface area contributed by atoms with Gasteiger partial charge in [0, 0.05) is 6.04 Å². The summed E-state index contributed by atoms with van der Waals surface area (Å²) < 4.78 is 37.8. The first-order valence-corrected chi connectivity index (χ1v) is 6.79. The van der Waals surface area contributed by atoms with E-state index in [1.165, 1.54) is 18.9 Å². The van der Waals surface area contributed by atoms with Crippen LogP contribution in [0, 0.1) is 17.2 Å². The summed E-state index contributed by atoms with van der Waals surface area (Å²) in [5, 5.41) is 12.2. The standard InChI is InChI=1S/C15H17F3N2/c1-10(11-4-2-3-5-11)20-14-7-6-13(15(16,17)18)8-12(14)9-19/h6-8,10-11,20H,2-5H2,1H3. The number of alkyl halides is 3. The monoisotopic (exact) mass is 282 g/mol. The number of hydrogen-bond donors (Lipinski definition) is 1. The van der Waals surface area contributed by atoms with Crippen LogP contribution in [0.4, 0.5) is 18.9 Å². The second-order valence-corrected chi connectivity index (χ2v) is 5.35. The molecule has 0 radical (unpaired) electrons. The van der Waals surface area contributed by atoms with Crippen LogP contribution < -0.4 is 5.32 Å². The zero-order chi connectivity index (χ0) is 14.8. The van der Waals surface area contributed by atoms with E-state index in [4.69, 9.17) is 5.26 Å². The molecule has 1 aromatic rings. The molecule has 0 amide bonds. The van der Waals surface area contributed by atoms with Crippen LogP contribution >= 0.6 is 0 Å². The third-order valence-corrected chi connectivity index (χ3v) is 3.96. The SMILES string of the molecule is CC(Nc1ccc(C(F)(F)F)cc1C#N)C1CCCC1. The molecule has 0 saturated heterocycles. The van der Waals surface area contributed by atoms with Gasteiger partial charge in [-0.3, -0.25) is 0 Å². The maximum Gasteiger partial charge on any atom is 0.416 e. The van der Waals surface area contributed by atoms with Crippen molar-refractivity contribution in [3.8, 4) is 6.07 Å². The Kier molecular flexibility index (Phi) is 4.22. The van der Waals surface area contributed by atoms with Crippen LogP contribution in [0.2, 0.25) is 0 Å². The van der Waals surface area contributed by atoms with Crippen molar-refractivity contribution in [2.24, 2.45) is 5.92 Å². The van der Waals surface area contributed by atoms with Crippen LogP contribution in [-0.4, -0.2) is 6.04 Å². The molecule has 0 heterocycles. The molecule has 0 bridgehead atoms. The van der Waals surface area contributed by atoms with Gasteiger partial charge in [0.05, 0.1) is 16.8 Å². The van der Waals surface area contributed by atoms with Crippen LogP contribution in [0.25, 0.3) is 0 Å². The number of nitriles is 1. The highest BCUT2D eigenvalue weighted by Crippen LogP contribution is 2.33. The first-order chi connectivity index (χ1) is 9.41. The fourth-order valence-corrected chi connectivity index (χ4v) is 2.76. The molecule has 1 atom stereocenters. The molecule has 2 nitrogen and oxygen atoms in total. The van der Waals surface area contributed by atoms with E-state index in [0.717, 1.165) is 25.0 Å². The Morgan fingerprint density at radius 2 is 1.95 bits per heavy atom. The Labute approximate surface area is 116 Å². The zero-order valence-electron chi connectivity index (χ0n) is 11.3. The Balaban J connectivity index is 2.17. The van der Waals surface area contributed by atoms with Gasteiger partial charge in [-0.15, -0.1) is 0 Å². The highest BCUT2D eigenvalue weighted by Gasteiger charge is 2.31. The summed E-state index contributed by atoms with van der Waals surface area (Å²) in [6, 6.07) is 5.29. The molecule has 2 rings (SSSR count). The molecular formula is C15H17F3N2. The predicted octanol–water partition coefficient (Wildman–Crippen LogP) is 4.57. The summed E-state index contributed by atoms with van der Waals surface area (Å²) >= 11 is 0. The molecule has 1 aliphatic carbocycles. The number of halogens is 3. The second kappa shape index (κ2) is 5.74. The molecule has 1 saturated carbocycles. The highest BCUT2D eigenvalue weighted by atomic mass is 19.4. The minimum Gasteiger partial charge on any atom is -0.381 e. The van der Waals surface area contributed by atoms with Gasteiger partial charge in [-0.25, -0.2) is 0 Å². The topological polar surface area (TPSA) is 35.8 Å². The lowest BCUT2D eigenvalue weighted by Gasteiger charge is -2.22. The Hall–Kier alpha value is -1.70. The van der Waals surface area contributed by atoms with Crippen molar-refractivity contribution in [3.05, 3.63) is 29.3 Å². The first-order valence-electron chi connectivity index (χ1n) is 6.79. The van der Waals surface area contributed by atoms with Gasteiger partial charge in [0.15, 0.2) is 0 Å². The Morgan fingerprint density at radius 3 is 2.50 bits per heavy atom. The number of benzene rings is 1. The average Bonchev–Trinajstić information content (AvgIpc) is 2.91. The molecule has 0 aromatic heterocycles. The van der Waals surface area contributed by atoms with Gasteiger partial charge < -0.3 is 5.32 Å². The molecule has 0 spiro atoms. The molecule has 1 unspecified atom stereocenters. The van der Waals surface area contributed by atoms with Crippen molar-refractivity contribution in [2.45, 2.75) is 44.8 Å². The maximum absolute atomic E-state index is 12.6. The number of rotatable bonds is 3. The Bertz CT molecular complexity index is 511. The largest absolute Gasteiger partial charge is 0.416 e. The lowest BCUT2D eigenvalue weighted by molar-refractivity contribution is -0.137. The molecule has 20 heavy (non-hydrogen) atoms. The molecular weight excluding hydrogens is 265 g/mol. The average molecular weight is 282 g/mol. The van der Waals surface area contributed by atoms with Crippen LogP contribution in [0.15, 0.2) is 18.2 Å². The van der Waals surface area contributed by atoms with Gasteiger partial charge in [-0.2, -0.15) is 18.4 Å². The second-order valence-electron chi connectivity index (χ2n) is 5.35. The van der Waals surface area contributed by atoms with E-state index in [-0.39, 0.29) is 11.6 Å². The molecule has 108 valence electrons.